The summed E-state index contributed by atoms with van der Waals surface area (Å²) in [5.41, 5.74) is 3.06. The van der Waals surface area contributed by atoms with E-state index in [2.05, 4.69) is 27.4 Å². The van der Waals surface area contributed by atoms with Gasteiger partial charge in [-0.3, -0.25) is 0 Å². The number of benzene rings is 1. The molecule has 4 heteroatoms. The van der Waals surface area contributed by atoms with Crippen LogP contribution < -0.4 is 11.0 Å². The molecular formula is C14H17N3O. The van der Waals surface area contributed by atoms with Gasteiger partial charge < -0.3 is 15.3 Å². The fourth-order valence-corrected chi connectivity index (χ4v) is 2.57. The Hall–Kier alpha value is -1.81. The summed E-state index contributed by atoms with van der Waals surface area (Å²) >= 11 is 0. The third-order valence-electron chi connectivity index (χ3n) is 3.48. The van der Waals surface area contributed by atoms with Crippen molar-refractivity contribution in [2.24, 2.45) is 0 Å². The van der Waals surface area contributed by atoms with Gasteiger partial charge in [0.2, 0.25) is 0 Å². The first kappa shape index (κ1) is 11.3. The molecule has 1 fully saturated rings. The van der Waals surface area contributed by atoms with E-state index >= 15 is 0 Å². The Balaban J connectivity index is 1.82. The van der Waals surface area contributed by atoms with Crippen LogP contribution in [0.2, 0.25) is 0 Å². The number of hydrogen-bond acceptors (Lipinski definition) is 2. The van der Waals surface area contributed by atoms with Crippen LogP contribution in [0.3, 0.4) is 0 Å². The van der Waals surface area contributed by atoms with E-state index in [0.717, 1.165) is 24.2 Å². The van der Waals surface area contributed by atoms with E-state index in [-0.39, 0.29) is 5.69 Å². The van der Waals surface area contributed by atoms with E-state index in [0.29, 0.717) is 6.04 Å². The molecule has 1 atom stereocenters. The lowest BCUT2D eigenvalue weighted by Crippen LogP contribution is -2.23. The van der Waals surface area contributed by atoms with Gasteiger partial charge in [-0.2, -0.15) is 0 Å². The lowest BCUT2D eigenvalue weighted by Gasteiger charge is -2.10. The van der Waals surface area contributed by atoms with E-state index in [9.17, 15) is 4.79 Å². The van der Waals surface area contributed by atoms with Gasteiger partial charge >= 0.3 is 5.69 Å². The van der Waals surface area contributed by atoms with Gasteiger partial charge in [0.05, 0.1) is 5.69 Å². The summed E-state index contributed by atoms with van der Waals surface area (Å²) in [5, 5.41) is 3.50. The molecule has 0 saturated carbocycles. The lowest BCUT2D eigenvalue weighted by atomic mass is 10.0. The highest BCUT2D eigenvalue weighted by Gasteiger charge is 2.14. The zero-order valence-electron chi connectivity index (χ0n) is 10.2. The first-order valence-corrected chi connectivity index (χ1v) is 6.42. The zero-order chi connectivity index (χ0) is 12.4. The van der Waals surface area contributed by atoms with E-state index < -0.39 is 0 Å². The normalized spacial score (nSPS) is 19.2. The minimum absolute atomic E-state index is 0.159. The van der Waals surface area contributed by atoms with Crippen LogP contribution >= 0.6 is 0 Å². The van der Waals surface area contributed by atoms with Crippen LogP contribution in [0.15, 0.2) is 35.3 Å². The van der Waals surface area contributed by atoms with Gasteiger partial charge in [0.1, 0.15) is 0 Å². The van der Waals surface area contributed by atoms with Gasteiger partial charge in [-0.15, -0.1) is 0 Å². The van der Waals surface area contributed by atoms with Crippen LogP contribution in [-0.4, -0.2) is 22.6 Å². The molecule has 1 aliphatic rings. The summed E-state index contributed by atoms with van der Waals surface area (Å²) < 4.78 is 0. The second-order valence-corrected chi connectivity index (χ2v) is 4.85. The molecule has 0 aliphatic carbocycles. The average Bonchev–Trinajstić information content (AvgIpc) is 3.01. The fourth-order valence-electron chi connectivity index (χ4n) is 2.57. The molecule has 4 nitrogen and oxygen atoms in total. The molecule has 0 spiro atoms. The largest absolute Gasteiger partial charge is 0.323 e. The Bertz CT molecular complexity index is 578. The van der Waals surface area contributed by atoms with Gasteiger partial charge in [0.25, 0.3) is 0 Å². The van der Waals surface area contributed by atoms with Crippen LogP contribution in [0, 0.1) is 0 Å². The first-order chi connectivity index (χ1) is 8.81. The number of aromatic amines is 2. The predicted octanol–water partition coefficient (Wildman–Crippen LogP) is 1.66. The van der Waals surface area contributed by atoms with Crippen molar-refractivity contribution in [2.75, 3.05) is 6.54 Å². The molecular weight excluding hydrogens is 226 g/mol. The summed E-state index contributed by atoms with van der Waals surface area (Å²) in [6, 6.07) is 8.97. The lowest BCUT2D eigenvalue weighted by molar-refractivity contribution is 0.603. The Morgan fingerprint density at radius 1 is 1.33 bits per heavy atom. The molecule has 3 rings (SSSR count). The summed E-state index contributed by atoms with van der Waals surface area (Å²) in [5.74, 6) is 0. The molecule has 0 radical (unpaired) electrons. The van der Waals surface area contributed by atoms with Crippen molar-refractivity contribution in [1.29, 1.82) is 0 Å². The standard InChI is InChI=1S/C14H17N3O/c18-14-16-9-13(17-14)11-4-1-3-10(7-11)8-12-5-2-6-15-12/h1,3-4,7,9,12,15H,2,5-6,8H2,(H2,16,17,18). The Morgan fingerprint density at radius 2 is 2.28 bits per heavy atom. The van der Waals surface area contributed by atoms with Crippen molar-refractivity contribution in [1.82, 2.24) is 15.3 Å². The molecule has 1 unspecified atom stereocenters. The van der Waals surface area contributed by atoms with Crippen molar-refractivity contribution >= 4 is 0 Å². The summed E-state index contributed by atoms with van der Waals surface area (Å²) in [6.45, 7) is 1.13. The smallest absolute Gasteiger partial charge is 0.314 e. The Kier molecular flexibility index (Phi) is 3.02. The highest BCUT2D eigenvalue weighted by atomic mass is 16.1. The second-order valence-electron chi connectivity index (χ2n) is 4.85. The van der Waals surface area contributed by atoms with E-state index in [4.69, 9.17) is 0 Å². The fraction of sp³-hybridized carbons (Fsp3) is 0.357. The predicted molar refractivity (Wildman–Crippen MR) is 71.6 cm³/mol. The Morgan fingerprint density at radius 3 is 3.00 bits per heavy atom. The molecule has 1 aromatic carbocycles. The quantitative estimate of drug-likeness (QED) is 0.768. The molecule has 3 N–H and O–H groups in total. The van der Waals surface area contributed by atoms with Gasteiger partial charge in [-0.1, -0.05) is 18.2 Å². The van der Waals surface area contributed by atoms with Crippen molar-refractivity contribution in [3.05, 3.63) is 46.5 Å². The number of aromatic nitrogens is 2. The molecule has 1 aromatic heterocycles. The van der Waals surface area contributed by atoms with Gasteiger partial charge in [0.15, 0.2) is 0 Å². The van der Waals surface area contributed by atoms with Gasteiger partial charge in [0, 0.05) is 12.2 Å². The second kappa shape index (κ2) is 4.82. The monoisotopic (exact) mass is 243 g/mol. The molecule has 0 amide bonds. The highest BCUT2D eigenvalue weighted by Crippen LogP contribution is 2.19. The maximum absolute atomic E-state index is 11.1. The number of rotatable bonds is 3. The number of imidazole rings is 1. The van der Waals surface area contributed by atoms with Crippen molar-refractivity contribution in [3.8, 4) is 11.3 Å². The molecule has 1 saturated heterocycles. The third kappa shape index (κ3) is 2.38. The molecule has 1 aliphatic heterocycles. The van der Waals surface area contributed by atoms with Crippen molar-refractivity contribution in [2.45, 2.75) is 25.3 Å². The minimum atomic E-state index is -0.159. The van der Waals surface area contributed by atoms with Gasteiger partial charge in [-0.25, -0.2) is 4.79 Å². The molecule has 2 heterocycles. The van der Waals surface area contributed by atoms with Gasteiger partial charge in [-0.05, 0) is 43.0 Å². The number of nitrogens with one attached hydrogen (secondary N) is 3. The molecule has 2 aromatic rings. The third-order valence-corrected chi connectivity index (χ3v) is 3.48. The zero-order valence-corrected chi connectivity index (χ0v) is 10.2. The van der Waals surface area contributed by atoms with E-state index in [1.807, 2.05) is 12.1 Å². The maximum Gasteiger partial charge on any atom is 0.323 e. The number of H-pyrrole nitrogens is 2. The van der Waals surface area contributed by atoms with Crippen LogP contribution in [0.25, 0.3) is 11.3 Å². The summed E-state index contributed by atoms with van der Waals surface area (Å²) in [4.78, 5) is 16.5. The van der Waals surface area contributed by atoms with Crippen molar-refractivity contribution < 1.29 is 0 Å². The topological polar surface area (TPSA) is 60.7 Å². The summed E-state index contributed by atoms with van der Waals surface area (Å²) in [7, 11) is 0. The molecule has 18 heavy (non-hydrogen) atoms. The number of hydrogen-bond donors (Lipinski definition) is 3. The van der Waals surface area contributed by atoms with Crippen LogP contribution in [-0.2, 0) is 6.42 Å². The highest BCUT2D eigenvalue weighted by molar-refractivity contribution is 5.59. The molecule has 0 bridgehead atoms. The average molecular weight is 243 g/mol. The van der Waals surface area contributed by atoms with Crippen LogP contribution in [0.5, 0.6) is 0 Å². The Labute approximate surface area is 105 Å². The van der Waals surface area contributed by atoms with Crippen molar-refractivity contribution in [3.63, 3.8) is 0 Å². The van der Waals surface area contributed by atoms with Crippen LogP contribution in [0.1, 0.15) is 18.4 Å². The van der Waals surface area contributed by atoms with E-state index in [1.54, 1.807) is 6.20 Å². The van der Waals surface area contributed by atoms with E-state index in [1.165, 1.54) is 18.4 Å². The summed E-state index contributed by atoms with van der Waals surface area (Å²) in [6.07, 6.45) is 5.30. The minimum Gasteiger partial charge on any atom is -0.314 e. The molecule has 94 valence electrons. The maximum atomic E-state index is 11.1. The first-order valence-electron chi connectivity index (χ1n) is 6.42. The van der Waals surface area contributed by atoms with Crippen LogP contribution in [0.4, 0.5) is 0 Å². The SMILES string of the molecule is O=c1[nH]cc(-c2cccc(CC3CCCN3)c2)[nH]1.